The van der Waals surface area contributed by atoms with Gasteiger partial charge in [0.25, 0.3) is 0 Å². The van der Waals surface area contributed by atoms with Gasteiger partial charge >= 0.3 is 0 Å². The van der Waals surface area contributed by atoms with Gasteiger partial charge in [-0.05, 0) is 17.2 Å². The molecule has 1 aromatic rings. The van der Waals surface area contributed by atoms with Crippen LogP contribution in [0.1, 0.15) is 17.9 Å². The molecular weight excluding hydrogens is 226 g/mol. The Morgan fingerprint density at radius 3 is 2.69 bits per heavy atom. The van der Waals surface area contributed by atoms with Gasteiger partial charge in [0, 0.05) is 18.9 Å². The molecule has 0 saturated carbocycles. The number of benzene rings is 1. The maximum absolute atomic E-state index is 11.6. The molecule has 1 heterocycles. The third-order valence-electron chi connectivity index (χ3n) is 2.93. The third-order valence-corrected chi connectivity index (χ3v) is 3.08. The smallest absolute Gasteiger partial charge is 0.224 e. The Bertz CT molecular complexity index is 405. The zero-order chi connectivity index (χ0) is 11.5. The van der Waals surface area contributed by atoms with Gasteiger partial charge in [-0.3, -0.25) is 9.59 Å². The molecule has 2 rings (SSSR count). The second kappa shape index (κ2) is 4.66. The summed E-state index contributed by atoms with van der Waals surface area (Å²) in [6, 6.07) is 9.72. The van der Waals surface area contributed by atoms with E-state index in [1.165, 1.54) is 0 Å². The van der Waals surface area contributed by atoms with Crippen molar-refractivity contribution in [2.45, 2.75) is 12.3 Å². The van der Waals surface area contributed by atoms with Gasteiger partial charge < -0.3 is 5.32 Å². The van der Waals surface area contributed by atoms with Crippen LogP contribution in [-0.4, -0.2) is 17.7 Å². The molecular formula is C12H12ClNO2. The fourth-order valence-corrected chi connectivity index (χ4v) is 2.29. The number of nitrogens with one attached hydrogen (secondary N) is 1. The fourth-order valence-electron chi connectivity index (χ4n) is 2.12. The zero-order valence-electron chi connectivity index (χ0n) is 8.65. The van der Waals surface area contributed by atoms with Gasteiger partial charge in [-0.2, -0.15) is 0 Å². The Morgan fingerprint density at radius 1 is 1.38 bits per heavy atom. The Labute approximate surface area is 98.8 Å². The van der Waals surface area contributed by atoms with E-state index in [2.05, 4.69) is 5.32 Å². The molecule has 0 spiro atoms. The minimum atomic E-state index is -0.456. The van der Waals surface area contributed by atoms with Crippen LogP contribution in [0.25, 0.3) is 0 Å². The lowest BCUT2D eigenvalue weighted by molar-refractivity contribution is -0.125. The second-order valence-corrected chi connectivity index (χ2v) is 4.35. The zero-order valence-corrected chi connectivity index (χ0v) is 9.41. The van der Waals surface area contributed by atoms with Crippen LogP contribution in [0.2, 0.25) is 0 Å². The van der Waals surface area contributed by atoms with Crippen LogP contribution in [0.4, 0.5) is 0 Å². The first-order valence-corrected chi connectivity index (χ1v) is 5.57. The topological polar surface area (TPSA) is 46.2 Å². The molecule has 1 saturated heterocycles. The average molecular weight is 238 g/mol. The van der Waals surface area contributed by atoms with Crippen molar-refractivity contribution in [3.05, 3.63) is 35.9 Å². The van der Waals surface area contributed by atoms with Crippen molar-refractivity contribution in [1.82, 2.24) is 5.32 Å². The third kappa shape index (κ3) is 2.25. The van der Waals surface area contributed by atoms with Gasteiger partial charge in [-0.1, -0.05) is 30.3 Å². The van der Waals surface area contributed by atoms with Gasteiger partial charge in [0.1, 0.15) is 0 Å². The molecule has 1 aliphatic heterocycles. The maximum atomic E-state index is 11.6. The van der Waals surface area contributed by atoms with E-state index in [1.54, 1.807) is 0 Å². The first-order valence-electron chi connectivity index (χ1n) is 5.19. The number of amides is 1. The lowest BCUT2D eigenvalue weighted by Gasteiger charge is -2.15. The summed E-state index contributed by atoms with van der Waals surface area (Å²) in [7, 11) is 0. The predicted octanol–water partition coefficient (Wildman–Crippen LogP) is 1.67. The Morgan fingerprint density at radius 2 is 2.06 bits per heavy atom. The summed E-state index contributed by atoms with van der Waals surface area (Å²) in [4.78, 5) is 22.5. The van der Waals surface area contributed by atoms with Gasteiger partial charge in [-0.15, -0.1) is 0 Å². The van der Waals surface area contributed by atoms with Gasteiger partial charge in [0.2, 0.25) is 11.1 Å². The van der Waals surface area contributed by atoms with Gasteiger partial charge in [-0.25, -0.2) is 0 Å². The van der Waals surface area contributed by atoms with Crippen molar-refractivity contribution < 1.29 is 9.59 Å². The van der Waals surface area contributed by atoms with Crippen molar-refractivity contribution >= 4 is 22.8 Å². The molecule has 1 aliphatic rings. The number of rotatable bonds is 3. The van der Waals surface area contributed by atoms with E-state index < -0.39 is 5.24 Å². The number of carbonyl (C=O) groups excluding carboxylic acids is 2. The van der Waals surface area contributed by atoms with Crippen LogP contribution in [0.15, 0.2) is 30.3 Å². The Kier molecular flexibility index (Phi) is 3.25. The first kappa shape index (κ1) is 11.1. The molecule has 0 aromatic heterocycles. The number of carbonyl (C=O) groups is 2. The summed E-state index contributed by atoms with van der Waals surface area (Å²) < 4.78 is 0. The number of hydrogen-bond acceptors (Lipinski definition) is 2. The minimum Gasteiger partial charge on any atom is -0.355 e. The highest BCUT2D eigenvalue weighted by Crippen LogP contribution is 2.31. The van der Waals surface area contributed by atoms with E-state index in [-0.39, 0.29) is 24.2 Å². The molecule has 16 heavy (non-hydrogen) atoms. The van der Waals surface area contributed by atoms with E-state index in [9.17, 15) is 9.59 Å². The molecule has 0 radical (unpaired) electrons. The van der Waals surface area contributed by atoms with Crippen molar-refractivity contribution in [2.24, 2.45) is 5.92 Å². The van der Waals surface area contributed by atoms with Crippen LogP contribution in [0.3, 0.4) is 0 Å². The molecule has 0 bridgehead atoms. The summed E-state index contributed by atoms with van der Waals surface area (Å²) in [5.41, 5.74) is 1.07. The summed E-state index contributed by atoms with van der Waals surface area (Å²) in [5.74, 6) is -0.355. The van der Waals surface area contributed by atoms with Crippen molar-refractivity contribution in [3.63, 3.8) is 0 Å². The highest BCUT2D eigenvalue weighted by molar-refractivity contribution is 6.63. The Balaban J connectivity index is 2.21. The fraction of sp³-hybridized carbons (Fsp3) is 0.333. The maximum Gasteiger partial charge on any atom is 0.224 e. The predicted molar refractivity (Wildman–Crippen MR) is 61.2 cm³/mol. The van der Waals surface area contributed by atoms with Crippen LogP contribution < -0.4 is 5.32 Å². The first-order chi connectivity index (χ1) is 7.68. The monoisotopic (exact) mass is 237 g/mol. The van der Waals surface area contributed by atoms with E-state index >= 15 is 0 Å². The molecule has 1 amide bonds. The Hall–Kier alpha value is -1.35. The van der Waals surface area contributed by atoms with Crippen LogP contribution in [0, 0.1) is 5.92 Å². The van der Waals surface area contributed by atoms with E-state index in [1.807, 2.05) is 30.3 Å². The minimum absolute atomic E-state index is 0.0522. The van der Waals surface area contributed by atoms with Crippen LogP contribution >= 0.6 is 11.6 Å². The summed E-state index contributed by atoms with van der Waals surface area (Å²) >= 11 is 5.36. The normalized spacial score (nSPS) is 24.2. The molecule has 4 heteroatoms. The van der Waals surface area contributed by atoms with Crippen LogP contribution in [0.5, 0.6) is 0 Å². The molecule has 1 aromatic carbocycles. The SMILES string of the molecule is O=C(Cl)CC1C(=O)NC[C@@H]1c1ccccc1. The van der Waals surface area contributed by atoms with Crippen molar-refractivity contribution in [3.8, 4) is 0 Å². The number of halogens is 1. The van der Waals surface area contributed by atoms with E-state index in [4.69, 9.17) is 11.6 Å². The summed E-state index contributed by atoms with van der Waals surface area (Å²) in [6.07, 6.45) is 0.104. The molecule has 3 nitrogen and oxygen atoms in total. The quantitative estimate of drug-likeness (QED) is 0.813. The highest BCUT2D eigenvalue weighted by Gasteiger charge is 2.36. The largest absolute Gasteiger partial charge is 0.355 e. The number of hydrogen-bond donors (Lipinski definition) is 1. The standard InChI is InChI=1S/C12H12ClNO2/c13-11(15)6-9-10(7-14-12(9)16)8-4-2-1-3-5-8/h1-5,9-10H,6-7H2,(H,14,16)/t9?,10-/m1/s1. The van der Waals surface area contributed by atoms with Crippen molar-refractivity contribution in [1.29, 1.82) is 0 Å². The summed E-state index contributed by atoms with van der Waals surface area (Å²) in [5, 5.41) is 2.32. The van der Waals surface area contributed by atoms with E-state index in [0.717, 1.165) is 5.56 Å². The van der Waals surface area contributed by atoms with Crippen molar-refractivity contribution in [2.75, 3.05) is 6.54 Å². The lowest BCUT2D eigenvalue weighted by atomic mass is 9.87. The molecule has 2 atom stereocenters. The summed E-state index contributed by atoms with van der Waals surface area (Å²) in [6.45, 7) is 0.581. The molecule has 1 unspecified atom stereocenters. The average Bonchev–Trinajstić information content (AvgIpc) is 2.61. The van der Waals surface area contributed by atoms with E-state index in [0.29, 0.717) is 6.54 Å². The molecule has 1 N–H and O–H groups in total. The van der Waals surface area contributed by atoms with Gasteiger partial charge in [0.05, 0.1) is 5.92 Å². The molecule has 84 valence electrons. The molecule has 1 fully saturated rings. The second-order valence-electron chi connectivity index (χ2n) is 3.93. The molecule has 0 aliphatic carbocycles. The van der Waals surface area contributed by atoms with Gasteiger partial charge in [0.15, 0.2) is 0 Å². The van der Waals surface area contributed by atoms with Crippen LogP contribution in [-0.2, 0) is 9.59 Å². The highest BCUT2D eigenvalue weighted by atomic mass is 35.5. The lowest BCUT2D eigenvalue weighted by Crippen LogP contribution is -2.21.